The fourth-order valence-corrected chi connectivity index (χ4v) is 4.50. The van der Waals surface area contributed by atoms with E-state index in [0.29, 0.717) is 6.54 Å². The molecular weight excluding hydrogens is 384 g/mol. The highest BCUT2D eigenvalue weighted by Crippen LogP contribution is 2.40. The Morgan fingerprint density at radius 3 is 2.58 bits per heavy atom. The number of aliphatic hydroxyl groups excluding tert-OH is 1. The van der Waals surface area contributed by atoms with Crippen molar-refractivity contribution in [2.45, 2.75) is 31.4 Å². The fourth-order valence-electron chi connectivity index (χ4n) is 4.50. The first kappa shape index (κ1) is 20.2. The van der Waals surface area contributed by atoms with Gasteiger partial charge in [0.25, 0.3) is 0 Å². The maximum atomic E-state index is 10.5. The van der Waals surface area contributed by atoms with Crippen molar-refractivity contribution in [1.82, 2.24) is 10.2 Å². The van der Waals surface area contributed by atoms with Crippen LogP contribution in [0.3, 0.4) is 0 Å². The number of β-amino-alcohol motifs (C(OH)–C–C–N with tert-alkyl or cyclic N) is 1. The minimum absolute atomic E-state index is 0.462. The summed E-state index contributed by atoms with van der Waals surface area (Å²) >= 11 is 0. The summed E-state index contributed by atoms with van der Waals surface area (Å²) in [6.45, 7) is 9.34. The molecular formula is C26H32N4O. The molecule has 0 spiro atoms. The van der Waals surface area contributed by atoms with Crippen LogP contribution in [0.5, 0.6) is 0 Å². The Bertz CT molecular complexity index is 956. The fraction of sp³-hybridized carbons (Fsp3) is 0.385. The lowest BCUT2D eigenvalue weighted by Crippen LogP contribution is -2.48. The third-order valence-electron chi connectivity index (χ3n) is 6.54. The molecule has 1 atom stereocenters. The zero-order chi connectivity index (χ0) is 21.2. The lowest BCUT2D eigenvalue weighted by atomic mass is 10.1. The van der Waals surface area contributed by atoms with Crippen molar-refractivity contribution in [1.29, 1.82) is 0 Å². The second-order valence-electron chi connectivity index (χ2n) is 8.95. The molecule has 2 aromatic rings. The zero-order valence-corrected chi connectivity index (χ0v) is 18.1. The number of benzene rings is 2. The predicted molar refractivity (Wildman–Crippen MR) is 128 cm³/mol. The average molecular weight is 417 g/mol. The maximum Gasteiger partial charge on any atom is 0.0959 e. The van der Waals surface area contributed by atoms with Gasteiger partial charge in [0.05, 0.1) is 11.9 Å². The van der Waals surface area contributed by atoms with E-state index < -0.39 is 6.10 Å². The van der Waals surface area contributed by atoms with E-state index in [2.05, 4.69) is 69.5 Å². The highest BCUT2D eigenvalue weighted by Gasteiger charge is 2.24. The lowest BCUT2D eigenvalue weighted by Gasteiger charge is -2.36. The van der Waals surface area contributed by atoms with Gasteiger partial charge in [-0.15, -0.1) is 0 Å². The van der Waals surface area contributed by atoms with Gasteiger partial charge in [-0.25, -0.2) is 0 Å². The summed E-state index contributed by atoms with van der Waals surface area (Å²) in [5.41, 5.74) is 6.24. The number of hydrogen-bond acceptors (Lipinski definition) is 5. The standard InChI is InChI=1S/C26H32N4O/c1-19-27-17-23-16-20(3-11-26(23)28-19)2-10-25(31)18-29-12-14-30(15-13-29)24-8-6-22(7-9-24)21-4-5-21/h2-3,6-11,16,21,25,27-28,31H,1,4-5,12-15,17-18H2/b10-2+/t25-/m1/s1. The maximum absolute atomic E-state index is 10.5. The average Bonchev–Trinajstić information content (AvgIpc) is 3.64. The van der Waals surface area contributed by atoms with Crippen LogP contribution in [-0.2, 0) is 6.54 Å². The van der Waals surface area contributed by atoms with Crippen LogP contribution in [0.4, 0.5) is 11.4 Å². The van der Waals surface area contributed by atoms with Gasteiger partial charge in [-0.1, -0.05) is 36.9 Å². The van der Waals surface area contributed by atoms with Gasteiger partial charge in [0, 0.05) is 50.6 Å². The van der Waals surface area contributed by atoms with E-state index in [1.807, 2.05) is 12.2 Å². The molecule has 2 heterocycles. The Morgan fingerprint density at radius 2 is 1.84 bits per heavy atom. The first-order valence-electron chi connectivity index (χ1n) is 11.4. The molecule has 3 aliphatic rings. The van der Waals surface area contributed by atoms with Gasteiger partial charge >= 0.3 is 0 Å². The van der Waals surface area contributed by atoms with Gasteiger partial charge in [0.15, 0.2) is 0 Å². The molecule has 162 valence electrons. The molecule has 0 radical (unpaired) electrons. The number of nitrogens with one attached hydrogen (secondary N) is 2. The first-order chi connectivity index (χ1) is 15.1. The topological polar surface area (TPSA) is 50.8 Å². The van der Waals surface area contributed by atoms with Crippen molar-refractivity contribution in [2.24, 2.45) is 0 Å². The third kappa shape index (κ3) is 4.94. The number of piperazine rings is 1. The number of anilines is 2. The monoisotopic (exact) mass is 416 g/mol. The molecule has 0 bridgehead atoms. The second-order valence-corrected chi connectivity index (χ2v) is 8.95. The Morgan fingerprint density at radius 1 is 1.06 bits per heavy atom. The number of nitrogens with zero attached hydrogens (tertiary/aromatic N) is 2. The number of hydrogen-bond donors (Lipinski definition) is 3. The van der Waals surface area contributed by atoms with Crippen molar-refractivity contribution < 1.29 is 5.11 Å². The largest absolute Gasteiger partial charge is 0.388 e. The highest BCUT2D eigenvalue weighted by atomic mass is 16.3. The molecule has 2 aromatic carbocycles. The Labute approximate surface area is 185 Å². The minimum atomic E-state index is -0.462. The van der Waals surface area contributed by atoms with E-state index in [0.717, 1.165) is 55.7 Å². The van der Waals surface area contributed by atoms with Crippen LogP contribution in [0.1, 0.15) is 35.4 Å². The SMILES string of the molecule is C=C1NCc2cc(/C=C/[C@@H](O)CN3CCN(c4ccc(C5CC5)cc4)CC3)ccc2N1. The molecule has 0 amide bonds. The van der Waals surface area contributed by atoms with Crippen LogP contribution in [0.15, 0.2) is 60.9 Å². The van der Waals surface area contributed by atoms with Crippen molar-refractivity contribution >= 4 is 17.5 Å². The van der Waals surface area contributed by atoms with E-state index >= 15 is 0 Å². The molecule has 2 aliphatic heterocycles. The van der Waals surface area contributed by atoms with Crippen LogP contribution >= 0.6 is 0 Å². The molecule has 0 aromatic heterocycles. The van der Waals surface area contributed by atoms with Crippen LogP contribution in [0.2, 0.25) is 0 Å². The summed E-state index contributed by atoms with van der Waals surface area (Å²) in [4.78, 5) is 4.82. The molecule has 1 saturated heterocycles. The molecule has 1 aliphatic carbocycles. The number of rotatable bonds is 6. The van der Waals surface area contributed by atoms with Crippen LogP contribution in [0, 0.1) is 0 Å². The van der Waals surface area contributed by atoms with E-state index in [1.165, 1.54) is 29.7 Å². The van der Waals surface area contributed by atoms with Gasteiger partial charge in [0.1, 0.15) is 0 Å². The van der Waals surface area contributed by atoms with E-state index in [4.69, 9.17) is 0 Å². The van der Waals surface area contributed by atoms with E-state index in [-0.39, 0.29) is 0 Å². The Balaban J connectivity index is 1.10. The third-order valence-corrected chi connectivity index (χ3v) is 6.54. The summed E-state index contributed by atoms with van der Waals surface area (Å²) in [6, 6.07) is 15.5. The number of fused-ring (bicyclic) bond motifs is 1. The lowest BCUT2D eigenvalue weighted by molar-refractivity contribution is 0.142. The van der Waals surface area contributed by atoms with Gasteiger partial charge in [0.2, 0.25) is 0 Å². The van der Waals surface area contributed by atoms with Gasteiger partial charge in [-0.3, -0.25) is 4.90 Å². The molecule has 3 N–H and O–H groups in total. The van der Waals surface area contributed by atoms with Crippen molar-refractivity contribution in [3.05, 3.63) is 77.6 Å². The Hall–Kier alpha value is -2.76. The zero-order valence-electron chi connectivity index (χ0n) is 18.1. The highest BCUT2D eigenvalue weighted by molar-refractivity contribution is 5.62. The van der Waals surface area contributed by atoms with Crippen LogP contribution in [0.25, 0.3) is 6.08 Å². The van der Waals surface area contributed by atoms with Crippen molar-refractivity contribution in [3.8, 4) is 0 Å². The van der Waals surface area contributed by atoms with Gasteiger partial charge in [-0.2, -0.15) is 0 Å². The van der Waals surface area contributed by atoms with Gasteiger partial charge in [-0.05, 0) is 59.7 Å². The summed E-state index contributed by atoms with van der Waals surface area (Å²) in [7, 11) is 0. The Kier molecular flexibility index (Phi) is 5.70. The van der Waals surface area contributed by atoms with Crippen molar-refractivity contribution in [2.75, 3.05) is 42.9 Å². The molecule has 5 heteroatoms. The quantitative estimate of drug-likeness (QED) is 0.670. The molecule has 5 nitrogen and oxygen atoms in total. The normalized spacial score (nSPS) is 20.3. The summed E-state index contributed by atoms with van der Waals surface area (Å²) in [5, 5.41) is 17.0. The smallest absolute Gasteiger partial charge is 0.0959 e. The minimum Gasteiger partial charge on any atom is -0.388 e. The molecule has 31 heavy (non-hydrogen) atoms. The van der Waals surface area contributed by atoms with Crippen LogP contribution in [-0.4, -0.2) is 48.8 Å². The summed E-state index contributed by atoms with van der Waals surface area (Å²) in [6.07, 6.45) is 6.17. The van der Waals surface area contributed by atoms with Crippen LogP contribution < -0.4 is 15.5 Å². The predicted octanol–water partition coefficient (Wildman–Crippen LogP) is 3.75. The second kappa shape index (κ2) is 8.77. The molecule has 1 saturated carbocycles. The van der Waals surface area contributed by atoms with E-state index in [1.54, 1.807) is 0 Å². The first-order valence-corrected chi connectivity index (χ1v) is 11.4. The molecule has 5 rings (SSSR count). The molecule has 2 fully saturated rings. The summed E-state index contributed by atoms with van der Waals surface area (Å²) in [5.74, 6) is 1.65. The van der Waals surface area contributed by atoms with E-state index in [9.17, 15) is 5.11 Å². The molecule has 0 unspecified atom stereocenters. The number of aliphatic hydroxyl groups is 1. The summed E-state index contributed by atoms with van der Waals surface area (Å²) < 4.78 is 0. The van der Waals surface area contributed by atoms with Gasteiger partial charge < -0.3 is 20.6 Å². The van der Waals surface area contributed by atoms with Crippen molar-refractivity contribution in [3.63, 3.8) is 0 Å².